The third-order valence-corrected chi connectivity index (χ3v) is 3.33. The molecule has 1 aliphatic heterocycles. The molecule has 1 N–H and O–H groups in total. The maximum absolute atomic E-state index is 12.2. The highest BCUT2D eigenvalue weighted by Gasteiger charge is 2.32. The predicted octanol–water partition coefficient (Wildman–Crippen LogP) is 2.20. The highest BCUT2D eigenvalue weighted by atomic mass is 19.4. The summed E-state index contributed by atoms with van der Waals surface area (Å²) in [4.78, 5) is 5.42. The number of pyridine rings is 1. The molecule has 106 valence electrons. The van der Waals surface area contributed by atoms with Gasteiger partial charge in [-0.3, -0.25) is 9.88 Å². The molecule has 0 amide bonds. The average molecular weight is 273 g/mol. The van der Waals surface area contributed by atoms with Gasteiger partial charge >= 0.3 is 6.18 Å². The van der Waals surface area contributed by atoms with Crippen LogP contribution >= 0.6 is 0 Å². The summed E-state index contributed by atoms with van der Waals surface area (Å²) in [6.07, 6.45) is 0.922. The molecule has 3 nitrogen and oxygen atoms in total. The van der Waals surface area contributed by atoms with Gasteiger partial charge in [-0.05, 0) is 43.6 Å². The Kier molecular flexibility index (Phi) is 4.76. The average Bonchev–Trinajstić information content (AvgIpc) is 2.37. The number of rotatable bonds is 4. The van der Waals surface area contributed by atoms with Crippen molar-refractivity contribution < 1.29 is 13.2 Å². The molecule has 2 rings (SSSR count). The third kappa shape index (κ3) is 5.16. The van der Waals surface area contributed by atoms with Crippen molar-refractivity contribution in [3.8, 4) is 0 Å². The van der Waals surface area contributed by atoms with Gasteiger partial charge in [0.2, 0.25) is 0 Å². The normalized spacial score (nSPS) is 18.7. The van der Waals surface area contributed by atoms with E-state index >= 15 is 0 Å². The number of hydrogen-bond donors (Lipinski definition) is 1. The Morgan fingerprint density at radius 1 is 1.21 bits per heavy atom. The zero-order chi connectivity index (χ0) is 13.7. The van der Waals surface area contributed by atoms with Gasteiger partial charge in [0.05, 0.1) is 6.54 Å². The van der Waals surface area contributed by atoms with Gasteiger partial charge in [-0.1, -0.05) is 0 Å². The van der Waals surface area contributed by atoms with Gasteiger partial charge in [-0.2, -0.15) is 13.2 Å². The molecule has 0 saturated carbocycles. The van der Waals surface area contributed by atoms with Crippen molar-refractivity contribution in [3.05, 3.63) is 30.1 Å². The van der Waals surface area contributed by atoms with Crippen LogP contribution in [0.1, 0.15) is 18.4 Å². The molecule has 1 aliphatic rings. The van der Waals surface area contributed by atoms with Crippen LogP contribution in [-0.2, 0) is 6.54 Å². The Labute approximate surface area is 110 Å². The van der Waals surface area contributed by atoms with Crippen LogP contribution in [-0.4, -0.2) is 41.7 Å². The van der Waals surface area contributed by atoms with Crippen LogP contribution < -0.4 is 5.32 Å². The second-order valence-corrected chi connectivity index (χ2v) is 4.90. The van der Waals surface area contributed by atoms with E-state index in [-0.39, 0.29) is 0 Å². The van der Waals surface area contributed by atoms with E-state index in [4.69, 9.17) is 0 Å². The van der Waals surface area contributed by atoms with Gasteiger partial charge in [-0.25, -0.2) is 0 Å². The van der Waals surface area contributed by atoms with E-state index in [1.54, 1.807) is 12.4 Å². The number of hydrogen-bond acceptors (Lipinski definition) is 3. The lowest BCUT2D eigenvalue weighted by atomic mass is 10.0. The van der Waals surface area contributed by atoms with Crippen molar-refractivity contribution >= 4 is 0 Å². The van der Waals surface area contributed by atoms with Crippen LogP contribution in [0.25, 0.3) is 0 Å². The zero-order valence-electron chi connectivity index (χ0n) is 10.7. The number of alkyl halides is 3. The first-order valence-corrected chi connectivity index (χ1v) is 6.44. The second kappa shape index (κ2) is 6.34. The van der Waals surface area contributed by atoms with Crippen molar-refractivity contribution in [2.45, 2.75) is 31.6 Å². The monoisotopic (exact) mass is 273 g/mol. The van der Waals surface area contributed by atoms with E-state index in [1.165, 1.54) is 4.90 Å². The van der Waals surface area contributed by atoms with Crippen molar-refractivity contribution in [1.29, 1.82) is 0 Å². The topological polar surface area (TPSA) is 28.2 Å². The molecule has 0 atom stereocenters. The Bertz CT molecular complexity index is 372. The minimum Gasteiger partial charge on any atom is -0.310 e. The van der Waals surface area contributed by atoms with Crippen LogP contribution in [0.2, 0.25) is 0 Å². The minimum atomic E-state index is -4.09. The van der Waals surface area contributed by atoms with E-state index in [0.717, 1.165) is 24.9 Å². The number of likely N-dealkylation sites (tertiary alicyclic amines) is 1. The number of aromatic nitrogens is 1. The van der Waals surface area contributed by atoms with E-state index in [0.29, 0.717) is 19.1 Å². The molecule has 1 fully saturated rings. The van der Waals surface area contributed by atoms with E-state index in [9.17, 15) is 13.2 Å². The lowest BCUT2D eigenvalue weighted by Crippen LogP contribution is -2.45. The Morgan fingerprint density at radius 2 is 1.84 bits per heavy atom. The summed E-state index contributed by atoms with van der Waals surface area (Å²) in [6.45, 7) is 0.970. The molecule has 19 heavy (non-hydrogen) atoms. The smallest absolute Gasteiger partial charge is 0.310 e. The molecule has 6 heteroatoms. The van der Waals surface area contributed by atoms with Crippen LogP contribution in [0.3, 0.4) is 0 Å². The molecular formula is C13H18F3N3. The summed E-state index contributed by atoms with van der Waals surface area (Å²) >= 11 is 0. The van der Waals surface area contributed by atoms with Crippen molar-refractivity contribution in [2.24, 2.45) is 0 Å². The highest BCUT2D eigenvalue weighted by molar-refractivity contribution is 5.09. The number of halogens is 3. The molecule has 1 saturated heterocycles. The minimum absolute atomic E-state index is 0.303. The predicted molar refractivity (Wildman–Crippen MR) is 66.6 cm³/mol. The van der Waals surface area contributed by atoms with Crippen LogP contribution in [0.5, 0.6) is 0 Å². The lowest BCUT2D eigenvalue weighted by Gasteiger charge is -2.32. The van der Waals surface area contributed by atoms with Gasteiger partial charge in [0, 0.05) is 25.0 Å². The molecular weight excluding hydrogens is 255 g/mol. The summed E-state index contributed by atoms with van der Waals surface area (Å²) in [5.41, 5.74) is 1.15. The Balaban J connectivity index is 1.69. The van der Waals surface area contributed by atoms with E-state index in [2.05, 4.69) is 10.3 Å². The van der Waals surface area contributed by atoms with Crippen LogP contribution in [0, 0.1) is 0 Å². The molecule has 1 aromatic heterocycles. The quantitative estimate of drug-likeness (QED) is 0.911. The SMILES string of the molecule is FC(F)(F)CN1CCC(NCc2ccncc2)CC1. The fourth-order valence-corrected chi connectivity index (χ4v) is 2.31. The first-order chi connectivity index (χ1) is 9.03. The number of nitrogens with one attached hydrogen (secondary N) is 1. The fraction of sp³-hybridized carbons (Fsp3) is 0.615. The van der Waals surface area contributed by atoms with E-state index in [1.807, 2.05) is 12.1 Å². The molecule has 0 spiro atoms. The Hall–Kier alpha value is -1.14. The van der Waals surface area contributed by atoms with Crippen molar-refractivity contribution in [3.63, 3.8) is 0 Å². The fourth-order valence-electron chi connectivity index (χ4n) is 2.31. The van der Waals surface area contributed by atoms with Crippen molar-refractivity contribution in [2.75, 3.05) is 19.6 Å². The van der Waals surface area contributed by atoms with Gasteiger partial charge in [0.15, 0.2) is 0 Å². The number of nitrogens with zero attached hydrogens (tertiary/aromatic N) is 2. The molecule has 0 radical (unpaired) electrons. The molecule has 0 bridgehead atoms. The second-order valence-electron chi connectivity index (χ2n) is 4.90. The largest absolute Gasteiger partial charge is 0.401 e. The van der Waals surface area contributed by atoms with Crippen LogP contribution in [0.15, 0.2) is 24.5 Å². The van der Waals surface area contributed by atoms with Gasteiger partial charge in [-0.15, -0.1) is 0 Å². The molecule has 0 aromatic carbocycles. The molecule has 0 aliphatic carbocycles. The van der Waals surface area contributed by atoms with Gasteiger partial charge in [0.25, 0.3) is 0 Å². The lowest BCUT2D eigenvalue weighted by molar-refractivity contribution is -0.148. The maximum atomic E-state index is 12.2. The summed E-state index contributed by atoms with van der Waals surface area (Å²) in [5.74, 6) is 0. The number of piperidine rings is 1. The van der Waals surface area contributed by atoms with Gasteiger partial charge < -0.3 is 5.32 Å². The summed E-state index contributed by atoms with van der Waals surface area (Å²) in [7, 11) is 0. The summed E-state index contributed by atoms with van der Waals surface area (Å²) in [5, 5.41) is 3.39. The Morgan fingerprint density at radius 3 is 2.42 bits per heavy atom. The molecule has 2 heterocycles. The highest BCUT2D eigenvalue weighted by Crippen LogP contribution is 2.19. The maximum Gasteiger partial charge on any atom is 0.401 e. The van der Waals surface area contributed by atoms with Crippen molar-refractivity contribution in [1.82, 2.24) is 15.2 Å². The molecule has 1 aromatic rings. The van der Waals surface area contributed by atoms with Gasteiger partial charge in [0.1, 0.15) is 0 Å². The van der Waals surface area contributed by atoms with Crippen LogP contribution in [0.4, 0.5) is 13.2 Å². The first kappa shape index (κ1) is 14.3. The zero-order valence-corrected chi connectivity index (χ0v) is 10.7. The van der Waals surface area contributed by atoms with E-state index < -0.39 is 12.7 Å². The third-order valence-electron chi connectivity index (χ3n) is 3.33. The summed E-state index contributed by atoms with van der Waals surface area (Å²) in [6, 6.07) is 4.18. The first-order valence-electron chi connectivity index (χ1n) is 6.44. The summed E-state index contributed by atoms with van der Waals surface area (Å²) < 4.78 is 36.7. The standard InChI is InChI=1S/C13H18F3N3/c14-13(15,16)10-19-7-3-12(4-8-19)18-9-11-1-5-17-6-2-11/h1-2,5-6,12,18H,3-4,7-10H2. The molecule has 0 unspecified atom stereocenters.